The number of aliphatic hydroxyl groups is 2. The van der Waals surface area contributed by atoms with Gasteiger partial charge in [0.15, 0.2) is 0 Å². The van der Waals surface area contributed by atoms with Crippen molar-refractivity contribution in [2.45, 2.75) is 50.9 Å². The van der Waals surface area contributed by atoms with Gasteiger partial charge in [-0.2, -0.15) is 0 Å². The van der Waals surface area contributed by atoms with Gasteiger partial charge in [0, 0.05) is 69.3 Å². The molecule has 2 fully saturated rings. The van der Waals surface area contributed by atoms with E-state index in [9.17, 15) is 15.0 Å². The van der Waals surface area contributed by atoms with Crippen molar-refractivity contribution in [3.8, 4) is 0 Å². The van der Waals surface area contributed by atoms with Gasteiger partial charge in [-0.25, -0.2) is 9.37 Å². The van der Waals surface area contributed by atoms with Crippen molar-refractivity contribution in [3.05, 3.63) is 48.4 Å². The topological polar surface area (TPSA) is 105 Å². The van der Waals surface area contributed by atoms with Crippen molar-refractivity contribution in [2.24, 2.45) is 0 Å². The molecule has 0 aromatic carbocycles. The lowest BCUT2D eigenvalue weighted by Gasteiger charge is -2.41. The molecule has 0 aliphatic carbocycles. The summed E-state index contributed by atoms with van der Waals surface area (Å²) in [5, 5.41) is 24.4. The zero-order valence-corrected chi connectivity index (χ0v) is 19.6. The van der Waals surface area contributed by atoms with Crippen LogP contribution in [0.5, 0.6) is 0 Å². The Kier molecular flexibility index (Phi) is 7.42. The molecule has 4 heterocycles. The number of carbonyl (C=O) groups excluding carboxylic acids is 1. The lowest BCUT2D eigenvalue weighted by atomic mass is 9.99. The molecule has 2 aromatic heterocycles. The first kappa shape index (κ1) is 24.5. The number of rotatable bonds is 5. The number of amides is 1. The Balaban J connectivity index is 1.46. The van der Waals surface area contributed by atoms with Crippen molar-refractivity contribution in [1.29, 1.82) is 0 Å². The van der Waals surface area contributed by atoms with Crippen LogP contribution < -0.4 is 10.2 Å². The van der Waals surface area contributed by atoms with Gasteiger partial charge in [0.05, 0.1) is 0 Å². The Morgan fingerprint density at radius 1 is 1.15 bits per heavy atom. The average molecular weight is 473 g/mol. The normalized spacial score (nSPS) is 24.1. The molecule has 0 spiro atoms. The third kappa shape index (κ3) is 5.52. The summed E-state index contributed by atoms with van der Waals surface area (Å²) in [6, 6.07) is 8.24. The summed E-state index contributed by atoms with van der Waals surface area (Å²) in [7, 11) is 0. The SMILES string of the molecule is CC(C)N1CCC(N2CCN(c3cccc(C(=O)Nc4ccncc4)n3)C(O)(O)CC2)C(F)C1. The number of hydrogen-bond donors (Lipinski definition) is 3. The molecule has 4 rings (SSSR count). The minimum absolute atomic E-state index is 0.0131. The number of piperidine rings is 1. The number of anilines is 2. The summed E-state index contributed by atoms with van der Waals surface area (Å²) < 4.78 is 15.0. The second-order valence-corrected chi connectivity index (χ2v) is 9.24. The average Bonchev–Trinajstić information content (AvgIpc) is 2.97. The number of aromatic nitrogens is 2. The summed E-state index contributed by atoms with van der Waals surface area (Å²) in [4.78, 5) is 26.5. The summed E-state index contributed by atoms with van der Waals surface area (Å²) in [5.74, 6) is -2.30. The molecule has 1 amide bonds. The van der Waals surface area contributed by atoms with Crippen molar-refractivity contribution in [2.75, 3.05) is 42.9 Å². The minimum atomic E-state index is -2.16. The van der Waals surface area contributed by atoms with E-state index in [1.165, 1.54) is 4.90 Å². The van der Waals surface area contributed by atoms with E-state index in [4.69, 9.17) is 0 Å². The highest BCUT2D eigenvalue weighted by Crippen LogP contribution is 2.28. The maximum absolute atomic E-state index is 15.0. The summed E-state index contributed by atoms with van der Waals surface area (Å²) in [5.41, 5.74) is 0.733. The van der Waals surface area contributed by atoms with Gasteiger partial charge < -0.3 is 20.4 Å². The first-order valence-corrected chi connectivity index (χ1v) is 11.8. The van der Waals surface area contributed by atoms with Crippen LogP contribution in [-0.2, 0) is 0 Å². The summed E-state index contributed by atoms with van der Waals surface area (Å²) in [6.07, 6.45) is 2.87. The van der Waals surface area contributed by atoms with E-state index in [2.05, 4.69) is 34.0 Å². The lowest BCUT2D eigenvalue weighted by molar-refractivity contribution is -0.163. The van der Waals surface area contributed by atoms with E-state index < -0.39 is 18.0 Å². The fourth-order valence-electron chi connectivity index (χ4n) is 4.70. The fraction of sp³-hybridized carbons (Fsp3) is 0.542. The van der Waals surface area contributed by atoms with Crippen molar-refractivity contribution in [3.63, 3.8) is 0 Å². The van der Waals surface area contributed by atoms with E-state index in [1.807, 2.05) is 4.90 Å². The Morgan fingerprint density at radius 2 is 1.91 bits per heavy atom. The molecule has 2 aromatic rings. The molecule has 9 nitrogen and oxygen atoms in total. The number of halogens is 1. The summed E-state index contributed by atoms with van der Waals surface area (Å²) in [6.45, 7) is 6.42. The highest BCUT2D eigenvalue weighted by Gasteiger charge is 2.41. The van der Waals surface area contributed by atoms with Crippen LogP contribution in [0.2, 0.25) is 0 Å². The Bertz CT molecular complexity index is 976. The van der Waals surface area contributed by atoms with Crippen LogP contribution in [0.4, 0.5) is 15.9 Å². The Morgan fingerprint density at radius 3 is 2.62 bits per heavy atom. The number of nitrogens with one attached hydrogen (secondary N) is 1. The van der Waals surface area contributed by atoms with Crippen LogP contribution in [0, 0.1) is 0 Å². The maximum Gasteiger partial charge on any atom is 0.274 e. The first-order valence-electron chi connectivity index (χ1n) is 11.8. The molecule has 0 bridgehead atoms. The van der Waals surface area contributed by atoms with Crippen LogP contribution in [0.1, 0.15) is 37.2 Å². The molecule has 34 heavy (non-hydrogen) atoms. The molecule has 2 aliphatic heterocycles. The zero-order valence-electron chi connectivity index (χ0n) is 19.6. The molecule has 0 radical (unpaired) electrons. The number of likely N-dealkylation sites (tertiary alicyclic amines) is 1. The number of carbonyl (C=O) groups is 1. The second-order valence-electron chi connectivity index (χ2n) is 9.24. The van der Waals surface area contributed by atoms with Gasteiger partial charge in [-0.1, -0.05) is 6.07 Å². The van der Waals surface area contributed by atoms with Gasteiger partial charge >= 0.3 is 0 Å². The number of hydrogen-bond acceptors (Lipinski definition) is 8. The third-order valence-corrected chi connectivity index (χ3v) is 6.70. The van der Waals surface area contributed by atoms with Gasteiger partial charge in [-0.3, -0.25) is 19.6 Å². The molecule has 2 atom stereocenters. The molecule has 2 unspecified atom stereocenters. The molecule has 3 N–H and O–H groups in total. The first-order chi connectivity index (χ1) is 16.2. The van der Waals surface area contributed by atoms with Crippen molar-refractivity contribution in [1.82, 2.24) is 19.8 Å². The van der Waals surface area contributed by atoms with Crippen molar-refractivity contribution >= 4 is 17.4 Å². The van der Waals surface area contributed by atoms with Gasteiger partial charge in [0.25, 0.3) is 5.91 Å². The van der Waals surface area contributed by atoms with E-state index in [0.29, 0.717) is 37.8 Å². The van der Waals surface area contributed by atoms with Gasteiger partial charge in [0.2, 0.25) is 5.91 Å². The molecular weight excluding hydrogens is 439 g/mol. The third-order valence-electron chi connectivity index (χ3n) is 6.70. The van der Waals surface area contributed by atoms with Gasteiger partial charge in [-0.15, -0.1) is 0 Å². The van der Waals surface area contributed by atoms with Crippen LogP contribution in [-0.4, -0.2) is 92.8 Å². The number of pyridine rings is 2. The number of alkyl halides is 1. The highest BCUT2D eigenvalue weighted by molar-refractivity contribution is 6.03. The van der Waals surface area contributed by atoms with E-state index in [0.717, 1.165) is 6.54 Å². The Hall–Kier alpha value is -2.66. The molecule has 10 heteroatoms. The van der Waals surface area contributed by atoms with Crippen LogP contribution >= 0.6 is 0 Å². The largest absolute Gasteiger partial charge is 0.349 e. The molecule has 0 saturated carbocycles. The second kappa shape index (κ2) is 10.3. The molecular formula is C24H33FN6O3. The number of nitrogens with zero attached hydrogens (tertiary/aromatic N) is 5. The van der Waals surface area contributed by atoms with Gasteiger partial charge in [0.1, 0.15) is 17.7 Å². The van der Waals surface area contributed by atoms with E-state index in [-0.39, 0.29) is 30.5 Å². The van der Waals surface area contributed by atoms with E-state index >= 15 is 4.39 Å². The monoisotopic (exact) mass is 472 g/mol. The zero-order chi connectivity index (χ0) is 24.3. The molecule has 184 valence electrons. The predicted octanol–water partition coefficient (Wildman–Crippen LogP) is 1.70. The fourth-order valence-corrected chi connectivity index (χ4v) is 4.70. The smallest absolute Gasteiger partial charge is 0.274 e. The quantitative estimate of drug-likeness (QED) is 0.565. The lowest BCUT2D eigenvalue weighted by Crippen LogP contribution is -2.54. The van der Waals surface area contributed by atoms with Crippen LogP contribution in [0.15, 0.2) is 42.7 Å². The highest BCUT2D eigenvalue weighted by atomic mass is 19.1. The predicted molar refractivity (Wildman–Crippen MR) is 127 cm³/mol. The summed E-state index contributed by atoms with van der Waals surface area (Å²) >= 11 is 0. The molecule has 2 aliphatic rings. The van der Waals surface area contributed by atoms with Gasteiger partial charge in [-0.05, 0) is 44.5 Å². The maximum atomic E-state index is 15.0. The molecule has 2 saturated heterocycles. The van der Waals surface area contributed by atoms with E-state index in [1.54, 1.807) is 42.7 Å². The minimum Gasteiger partial charge on any atom is -0.349 e. The van der Waals surface area contributed by atoms with Crippen molar-refractivity contribution < 1.29 is 19.4 Å². The van der Waals surface area contributed by atoms with Crippen LogP contribution in [0.25, 0.3) is 0 Å². The van der Waals surface area contributed by atoms with Crippen LogP contribution in [0.3, 0.4) is 0 Å². The standard InChI is InChI=1S/C24H33FN6O3/c1-17(2)30-12-8-21(19(25)16-30)29-13-9-24(33,34)31(15-14-29)22-5-3-4-20(28-22)23(32)27-18-6-10-26-11-7-18/h3-7,10-11,17,19,21,33-34H,8-9,12-16H2,1-2H3,(H,26,27,32). The Labute approximate surface area is 199 Å².